The van der Waals surface area contributed by atoms with Gasteiger partial charge in [-0.2, -0.15) is 0 Å². The number of aromatic nitrogens is 1. The van der Waals surface area contributed by atoms with Gasteiger partial charge in [-0.25, -0.2) is 0 Å². The Hall–Kier alpha value is -3.26. The van der Waals surface area contributed by atoms with Crippen molar-refractivity contribution in [1.29, 1.82) is 0 Å². The molecule has 2 aromatic rings. The third-order valence-corrected chi connectivity index (χ3v) is 5.07. The second-order valence-electron chi connectivity index (χ2n) is 7.12. The van der Waals surface area contributed by atoms with Crippen molar-refractivity contribution in [2.75, 3.05) is 5.73 Å². The van der Waals surface area contributed by atoms with Gasteiger partial charge in [0.15, 0.2) is 0 Å². The van der Waals surface area contributed by atoms with Gasteiger partial charge < -0.3 is 16.0 Å². The molecule has 2 aliphatic heterocycles. The van der Waals surface area contributed by atoms with Gasteiger partial charge in [0.2, 0.25) is 11.8 Å². The molecule has 1 saturated heterocycles. The van der Waals surface area contributed by atoms with Crippen LogP contribution in [0.25, 0.3) is 0 Å². The van der Waals surface area contributed by atoms with Gasteiger partial charge in [0.05, 0.1) is 5.69 Å². The topological polar surface area (TPSA) is 117 Å². The van der Waals surface area contributed by atoms with Crippen molar-refractivity contribution in [3.8, 4) is 0 Å². The number of rotatable bonds is 5. The molecule has 3 heterocycles. The van der Waals surface area contributed by atoms with E-state index in [0.717, 1.165) is 16.7 Å². The quantitative estimate of drug-likeness (QED) is 0.659. The molecule has 0 aliphatic carbocycles. The molecule has 1 aromatic carbocycles. The van der Waals surface area contributed by atoms with E-state index in [1.807, 2.05) is 24.3 Å². The summed E-state index contributed by atoms with van der Waals surface area (Å²) in [6.07, 6.45) is 3.98. The van der Waals surface area contributed by atoms with Crippen LogP contribution in [0.15, 0.2) is 36.7 Å². The molecule has 0 bridgehead atoms. The fraction of sp³-hybridized carbons (Fsp3) is 0.300. The summed E-state index contributed by atoms with van der Waals surface area (Å²) in [7, 11) is 0. The van der Waals surface area contributed by atoms with E-state index in [2.05, 4.69) is 15.6 Å². The van der Waals surface area contributed by atoms with Crippen molar-refractivity contribution >= 4 is 23.4 Å². The molecule has 2 aliphatic rings. The maximum absolute atomic E-state index is 12.8. The lowest BCUT2D eigenvalue weighted by atomic mass is 10.0. The SMILES string of the molecule is Nc1cncc(CNCc2ccc3c(c2)C(=O)N(C2CCC(=O)NC2=O)C3)c1. The Balaban J connectivity index is 1.41. The van der Waals surface area contributed by atoms with Crippen molar-refractivity contribution in [2.45, 2.75) is 38.5 Å². The number of nitrogens with two attached hydrogens (primary N) is 1. The van der Waals surface area contributed by atoms with Crippen LogP contribution in [0.4, 0.5) is 5.69 Å². The van der Waals surface area contributed by atoms with Gasteiger partial charge >= 0.3 is 0 Å². The van der Waals surface area contributed by atoms with Crippen LogP contribution in [0.1, 0.15) is 39.9 Å². The van der Waals surface area contributed by atoms with Gasteiger partial charge in [-0.3, -0.25) is 24.7 Å². The molecule has 1 atom stereocenters. The van der Waals surface area contributed by atoms with E-state index in [1.54, 1.807) is 17.3 Å². The van der Waals surface area contributed by atoms with Crippen LogP contribution in [-0.4, -0.2) is 33.6 Å². The van der Waals surface area contributed by atoms with Crippen molar-refractivity contribution < 1.29 is 14.4 Å². The predicted octanol–water partition coefficient (Wildman–Crippen LogP) is 0.715. The minimum absolute atomic E-state index is 0.161. The largest absolute Gasteiger partial charge is 0.397 e. The van der Waals surface area contributed by atoms with Crippen LogP contribution in [0.2, 0.25) is 0 Å². The average Bonchev–Trinajstić information content (AvgIpc) is 2.98. The lowest BCUT2D eigenvalue weighted by Crippen LogP contribution is -2.52. The monoisotopic (exact) mass is 379 g/mol. The fourth-order valence-corrected chi connectivity index (χ4v) is 3.67. The van der Waals surface area contributed by atoms with Crippen molar-refractivity contribution in [3.63, 3.8) is 0 Å². The molecule has 0 radical (unpaired) electrons. The zero-order valence-electron chi connectivity index (χ0n) is 15.3. The number of benzene rings is 1. The number of hydrogen-bond acceptors (Lipinski definition) is 6. The van der Waals surface area contributed by atoms with E-state index >= 15 is 0 Å². The van der Waals surface area contributed by atoms with Crippen LogP contribution in [0.5, 0.6) is 0 Å². The number of fused-ring (bicyclic) bond motifs is 1. The first-order chi connectivity index (χ1) is 13.5. The van der Waals surface area contributed by atoms with Crippen molar-refractivity contribution in [1.82, 2.24) is 20.5 Å². The van der Waals surface area contributed by atoms with E-state index in [4.69, 9.17) is 5.73 Å². The van der Waals surface area contributed by atoms with Crippen molar-refractivity contribution in [2.24, 2.45) is 0 Å². The summed E-state index contributed by atoms with van der Waals surface area (Å²) in [5, 5.41) is 5.63. The normalized spacial score (nSPS) is 18.9. The number of nitrogens with zero attached hydrogens (tertiary/aromatic N) is 2. The lowest BCUT2D eigenvalue weighted by molar-refractivity contribution is -0.136. The fourth-order valence-electron chi connectivity index (χ4n) is 3.67. The van der Waals surface area contributed by atoms with Gasteiger partial charge in [-0.05, 0) is 35.2 Å². The molecule has 0 spiro atoms. The number of nitrogens with one attached hydrogen (secondary N) is 2. The van der Waals surface area contributed by atoms with Gasteiger partial charge in [0.25, 0.3) is 5.91 Å². The van der Waals surface area contributed by atoms with Crippen LogP contribution < -0.4 is 16.4 Å². The first kappa shape index (κ1) is 18.1. The standard InChI is InChI=1S/C20H21N5O3/c21-15-5-13(9-23-10-15)8-22-7-12-1-2-14-11-25(20(28)16(14)6-12)17-3-4-18(26)24-19(17)27/h1-2,5-6,9-10,17,22H,3-4,7-8,11,21H2,(H,24,26,27). The zero-order chi connectivity index (χ0) is 19.7. The Morgan fingerprint density at radius 3 is 2.75 bits per heavy atom. The van der Waals surface area contributed by atoms with Crippen LogP contribution >= 0.6 is 0 Å². The number of amides is 3. The van der Waals surface area contributed by atoms with E-state index in [0.29, 0.717) is 37.3 Å². The Morgan fingerprint density at radius 1 is 1.14 bits per heavy atom. The number of carbonyl (C=O) groups excluding carboxylic acids is 3. The van der Waals surface area contributed by atoms with E-state index in [-0.39, 0.29) is 18.2 Å². The highest BCUT2D eigenvalue weighted by Gasteiger charge is 2.38. The summed E-state index contributed by atoms with van der Waals surface area (Å²) < 4.78 is 0. The Bertz CT molecular complexity index is 959. The first-order valence-corrected chi connectivity index (χ1v) is 9.18. The molecule has 0 saturated carbocycles. The molecule has 28 heavy (non-hydrogen) atoms. The summed E-state index contributed by atoms with van der Waals surface area (Å²) in [4.78, 5) is 41.9. The maximum atomic E-state index is 12.8. The minimum atomic E-state index is -0.588. The van der Waals surface area contributed by atoms with Gasteiger partial charge in [-0.15, -0.1) is 0 Å². The highest BCUT2D eigenvalue weighted by atomic mass is 16.2. The predicted molar refractivity (Wildman–Crippen MR) is 102 cm³/mol. The Labute approximate surface area is 162 Å². The summed E-state index contributed by atoms with van der Waals surface area (Å²) in [5.74, 6) is -0.837. The molecule has 1 aromatic heterocycles. The number of anilines is 1. The lowest BCUT2D eigenvalue weighted by Gasteiger charge is -2.29. The van der Waals surface area contributed by atoms with Crippen LogP contribution in [-0.2, 0) is 29.2 Å². The summed E-state index contributed by atoms with van der Waals surface area (Å²) >= 11 is 0. The number of piperidine rings is 1. The number of imide groups is 1. The smallest absolute Gasteiger partial charge is 0.255 e. The summed E-state index contributed by atoms with van der Waals surface area (Å²) in [5.41, 5.74) is 9.84. The van der Waals surface area contributed by atoms with Gasteiger partial charge in [0.1, 0.15) is 6.04 Å². The third-order valence-electron chi connectivity index (χ3n) is 5.07. The molecule has 144 valence electrons. The van der Waals surface area contributed by atoms with E-state index in [9.17, 15) is 14.4 Å². The molecule has 3 amide bonds. The molecule has 4 N–H and O–H groups in total. The molecular formula is C20H21N5O3. The highest BCUT2D eigenvalue weighted by molar-refractivity contribution is 6.05. The number of pyridine rings is 1. The number of carbonyl (C=O) groups is 3. The second kappa shape index (κ2) is 7.40. The zero-order valence-corrected chi connectivity index (χ0v) is 15.3. The number of nitrogen functional groups attached to an aromatic ring is 1. The maximum Gasteiger partial charge on any atom is 0.255 e. The van der Waals surface area contributed by atoms with Crippen molar-refractivity contribution in [3.05, 3.63) is 58.9 Å². The van der Waals surface area contributed by atoms with Crippen LogP contribution in [0.3, 0.4) is 0 Å². The molecule has 8 nitrogen and oxygen atoms in total. The first-order valence-electron chi connectivity index (χ1n) is 9.18. The average molecular weight is 379 g/mol. The molecular weight excluding hydrogens is 358 g/mol. The second-order valence-corrected chi connectivity index (χ2v) is 7.12. The van der Waals surface area contributed by atoms with Gasteiger partial charge in [-0.1, -0.05) is 12.1 Å². The minimum Gasteiger partial charge on any atom is -0.397 e. The third kappa shape index (κ3) is 3.59. The van der Waals surface area contributed by atoms with Gasteiger partial charge in [0, 0.05) is 44.0 Å². The molecule has 1 unspecified atom stereocenters. The Kier molecular flexibility index (Phi) is 4.79. The Morgan fingerprint density at radius 2 is 1.96 bits per heavy atom. The number of hydrogen-bond donors (Lipinski definition) is 3. The van der Waals surface area contributed by atoms with E-state index in [1.165, 1.54) is 0 Å². The van der Waals surface area contributed by atoms with Crippen LogP contribution in [0, 0.1) is 0 Å². The molecule has 4 rings (SSSR count). The molecule has 1 fully saturated rings. The van der Waals surface area contributed by atoms with E-state index < -0.39 is 11.9 Å². The highest BCUT2D eigenvalue weighted by Crippen LogP contribution is 2.28. The summed E-state index contributed by atoms with van der Waals surface area (Å²) in [6, 6.07) is 7.05. The summed E-state index contributed by atoms with van der Waals surface area (Å²) in [6.45, 7) is 1.60. The molecule has 8 heteroatoms.